The molecule has 1 aliphatic rings. The predicted octanol–water partition coefficient (Wildman–Crippen LogP) is 0.560. The van der Waals surface area contributed by atoms with Gasteiger partial charge in [-0.2, -0.15) is 18.5 Å². The lowest BCUT2D eigenvalue weighted by atomic mass is 10.7. The largest absolute Gasteiger partial charge is 0.275 e. The van der Waals surface area contributed by atoms with Gasteiger partial charge in [0.05, 0.1) is 6.21 Å². The van der Waals surface area contributed by atoms with Crippen molar-refractivity contribution in [1.29, 1.82) is 0 Å². The predicted molar refractivity (Wildman–Crippen MR) is 30.2 cm³/mol. The maximum Gasteiger partial charge on any atom is 0.147 e. The third-order valence-corrected chi connectivity index (χ3v) is 0.367. The van der Waals surface area contributed by atoms with Crippen molar-refractivity contribution < 1.29 is 9.88 Å². The molecule has 1 heterocycles. The number of oxime groups is 1. The second kappa shape index (κ2) is 3.55. The molecule has 0 N–H and O–H groups in total. The molecule has 0 radical (unpaired) electrons. The van der Waals surface area contributed by atoms with Crippen LogP contribution in [0.5, 0.6) is 0 Å². The number of allylic oxidation sites excluding steroid dienone is 1. The van der Waals surface area contributed by atoms with E-state index in [0.717, 1.165) is 0 Å². The van der Waals surface area contributed by atoms with Gasteiger partial charge in [0, 0.05) is 0 Å². The van der Waals surface area contributed by atoms with Crippen LogP contribution in [0, 0.1) is 0 Å². The summed E-state index contributed by atoms with van der Waals surface area (Å²) in [5.74, 6) is 0. The Hall–Kier alpha value is -0.640. The topological polar surface area (TPSA) is 30.8 Å². The Morgan fingerprint density at radius 3 is 2.43 bits per heavy atom. The minimum atomic E-state index is 0. The smallest absolute Gasteiger partial charge is 0.147 e. The molecule has 0 aromatic rings. The molecular weight excluding hydrogens is 114 g/mol. The minimum Gasteiger partial charge on any atom is -0.275 e. The van der Waals surface area contributed by atoms with Gasteiger partial charge < -0.3 is 0 Å². The van der Waals surface area contributed by atoms with Gasteiger partial charge in [-0.15, -0.1) is 0 Å². The lowest BCUT2D eigenvalue weighted by Gasteiger charge is -1.92. The van der Waals surface area contributed by atoms with Gasteiger partial charge in [0.25, 0.3) is 0 Å². The van der Waals surface area contributed by atoms with Crippen LogP contribution in [0.3, 0.4) is 0 Å². The second-order valence-electron chi connectivity index (χ2n) is 0.754. The average Bonchev–Trinajstić information content (AvgIpc) is 1.72. The Bertz CT molecular complexity index is 78.9. The molecule has 0 aliphatic carbocycles. The van der Waals surface area contributed by atoms with Gasteiger partial charge >= 0.3 is 0 Å². The zero-order valence-corrected chi connectivity index (χ0v) is 4.50. The summed E-state index contributed by atoms with van der Waals surface area (Å²) in [6, 6.07) is 0. The molecule has 1 rings (SSSR count). The van der Waals surface area contributed by atoms with Gasteiger partial charge in [0.15, 0.2) is 0 Å². The van der Waals surface area contributed by atoms with Gasteiger partial charge in [-0.05, 0) is 11.2 Å². The molecule has 0 aromatic carbocycles. The Balaban J connectivity index is 0.000000360. The zero-order valence-electron chi connectivity index (χ0n) is 3.50. The van der Waals surface area contributed by atoms with Crippen LogP contribution in [0.2, 0.25) is 0 Å². The molecule has 0 amide bonds. The fraction of sp³-hybridized carbons (Fsp3) is 0. The quantitative estimate of drug-likeness (QED) is 0.436. The number of nitrogens with zero attached hydrogens (tertiary/aromatic N) is 1. The summed E-state index contributed by atoms with van der Waals surface area (Å²) < 4.78 is 0. The van der Waals surface area contributed by atoms with Crippen molar-refractivity contribution in [2.45, 2.75) is 0 Å². The van der Waals surface area contributed by atoms with Gasteiger partial charge in [-0.25, -0.2) is 0 Å². The van der Waals surface area contributed by atoms with Crippen molar-refractivity contribution in [2.24, 2.45) is 5.16 Å². The molecule has 0 bridgehead atoms. The molecule has 0 aromatic heterocycles. The van der Waals surface area contributed by atoms with E-state index in [1.165, 1.54) is 12.5 Å². The summed E-state index contributed by atoms with van der Waals surface area (Å²) in [5, 5.41) is 3.24. The van der Waals surface area contributed by atoms with Crippen molar-refractivity contribution in [3.8, 4) is 0 Å². The Morgan fingerprint density at radius 1 is 1.43 bits per heavy atom. The zero-order chi connectivity index (χ0) is 4.24. The molecule has 0 unspecified atom stereocenters. The fourth-order valence-corrected chi connectivity index (χ4v) is 0.177. The molecule has 0 saturated heterocycles. The van der Waals surface area contributed by atoms with Crippen LogP contribution in [0.1, 0.15) is 0 Å². The van der Waals surface area contributed by atoms with Crippen LogP contribution >= 0.6 is 13.5 Å². The first-order chi connectivity index (χ1) is 3.00. The summed E-state index contributed by atoms with van der Waals surface area (Å²) in [6.45, 7) is 0. The molecule has 1 aliphatic heterocycles. The highest BCUT2D eigenvalue weighted by molar-refractivity contribution is 7.59. The van der Waals surface area contributed by atoms with E-state index < -0.39 is 0 Å². The van der Waals surface area contributed by atoms with Gasteiger partial charge in [0.2, 0.25) is 0 Å². The van der Waals surface area contributed by atoms with E-state index in [9.17, 15) is 0 Å². The highest BCUT2D eigenvalue weighted by atomic mass is 32.1. The van der Waals surface area contributed by atoms with E-state index in [1.54, 1.807) is 6.08 Å². The van der Waals surface area contributed by atoms with Gasteiger partial charge in [0.1, 0.15) is 6.26 Å². The second-order valence-corrected chi connectivity index (χ2v) is 0.754. The highest BCUT2D eigenvalue weighted by Gasteiger charge is 1.77. The summed E-state index contributed by atoms with van der Waals surface area (Å²) in [6.07, 6.45) is 4.51. The van der Waals surface area contributed by atoms with Crippen molar-refractivity contribution in [2.75, 3.05) is 0 Å². The van der Waals surface area contributed by atoms with Crippen molar-refractivity contribution in [1.82, 2.24) is 0 Å². The molecule has 4 heteroatoms. The first-order valence-corrected chi connectivity index (χ1v) is 1.51. The average molecular weight is 119 g/mol. The third kappa shape index (κ3) is 2.11. The third-order valence-electron chi connectivity index (χ3n) is 0.367. The van der Waals surface area contributed by atoms with Crippen LogP contribution in [-0.2, 0) is 9.88 Å². The maximum absolute atomic E-state index is 4.19. The molecule has 40 valence electrons. The summed E-state index contributed by atoms with van der Waals surface area (Å²) in [4.78, 5) is 8.24. The van der Waals surface area contributed by atoms with E-state index in [-0.39, 0.29) is 13.5 Å². The van der Waals surface area contributed by atoms with E-state index in [1.807, 2.05) is 0 Å². The normalized spacial score (nSPS) is 13.7. The Kier molecular flexibility index (Phi) is 3.22. The maximum atomic E-state index is 4.19. The SMILES string of the molecule is C1=COON=C1.S. The van der Waals surface area contributed by atoms with Crippen LogP contribution in [-0.4, -0.2) is 6.21 Å². The van der Waals surface area contributed by atoms with E-state index in [2.05, 4.69) is 15.0 Å². The summed E-state index contributed by atoms with van der Waals surface area (Å²) >= 11 is 0. The lowest BCUT2D eigenvalue weighted by molar-refractivity contribution is -0.251. The first-order valence-electron chi connectivity index (χ1n) is 1.51. The van der Waals surface area contributed by atoms with Crippen molar-refractivity contribution in [3.05, 3.63) is 12.3 Å². The molecule has 3 nitrogen and oxygen atoms in total. The fourth-order valence-electron chi connectivity index (χ4n) is 0.177. The minimum absolute atomic E-state index is 0. The van der Waals surface area contributed by atoms with Crippen molar-refractivity contribution in [3.63, 3.8) is 0 Å². The molecule has 0 saturated carbocycles. The van der Waals surface area contributed by atoms with E-state index in [4.69, 9.17) is 0 Å². The number of hydrogen-bond acceptors (Lipinski definition) is 3. The molecule has 0 fully saturated rings. The van der Waals surface area contributed by atoms with Crippen molar-refractivity contribution >= 4 is 19.7 Å². The lowest BCUT2D eigenvalue weighted by Crippen LogP contribution is -1.82. The van der Waals surface area contributed by atoms with Crippen LogP contribution in [0.4, 0.5) is 0 Å². The van der Waals surface area contributed by atoms with Gasteiger partial charge in [-0.3, -0.25) is 4.89 Å². The van der Waals surface area contributed by atoms with Crippen LogP contribution in [0.25, 0.3) is 0 Å². The summed E-state index contributed by atoms with van der Waals surface area (Å²) in [5.41, 5.74) is 0. The van der Waals surface area contributed by atoms with E-state index >= 15 is 0 Å². The molecular formula is C3H5NO2S. The number of hydrogen-bond donors (Lipinski definition) is 0. The van der Waals surface area contributed by atoms with E-state index in [0.29, 0.717) is 0 Å². The Morgan fingerprint density at radius 2 is 2.29 bits per heavy atom. The van der Waals surface area contributed by atoms with Crippen LogP contribution in [0.15, 0.2) is 17.5 Å². The summed E-state index contributed by atoms with van der Waals surface area (Å²) in [7, 11) is 0. The highest BCUT2D eigenvalue weighted by Crippen LogP contribution is 1.84. The molecule has 0 spiro atoms. The monoisotopic (exact) mass is 119 g/mol. The molecule has 7 heavy (non-hydrogen) atoms. The first kappa shape index (κ1) is 6.36. The van der Waals surface area contributed by atoms with Gasteiger partial charge in [-0.1, -0.05) is 0 Å². The van der Waals surface area contributed by atoms with Crippen LogP contribution < -0.4 is 0 Å². The molecule has 0 atom stereocenters. The Labute approximate surface area is 48.0 Å². The standard InChI is InChI=1S/C3H3NO2.H2S/c1-2-4-6-5-3-1;/h1-3H;1H2. The number of rotatable bonds is 0.